The average molecular weight is 305 g/mol. The van der Waals surface area contributed by atoms with E-state index >= 15 is 0 Å². The molecular weight excluding hydrogens is 288 g/mol. The minimum absolute atomic E-state index is 0.0482. The molecule has 2 heterocycles. The van der Waals surface area contributed by atoms with E-state index in [0.717, 1.165) is 16.9 Å². The zero-order valence-corrected chi connectivity index (χ0v) is 12.8. The van der Waals surface area contributed by atoms with Crippen molar-refractivity contribution in [2.75, 3.05) is 18.0 Å². The van der Waals surface area contributed by atoms with Gasteiger partial charge in [0.2, 0.25) is 0 Å². The first kappa shape index (κ1) is 14.1. The maximum Gasteiger partial charge on any atom is 0.316 e. The molecule has 6 heteroatoms. The molecular formula is C15H17ClN4O. The highest BCUT2D eigenvalue weighted by atomic mass is 35.5. The zero-order valence-electron chi connectivity index (χ0n) is 12.0. The van der Waals surface area contributed by atoms with Gasteiger partial charge >= 0.3 is 5.37 Å². The molecule has 1 amide bonds. The predicted octanol–water partition coefficient (Wildman–Crippen LogP) is 2.89. The fourth-order valence-electron chi connectivity index (χ4n) is 2.96. The summed E-state index contributed by atoms with van der Waals surface area (Å²) in [4.78, 5) is 24.5. The number of halogens is 1. The Hall–Kier alpha value is -1.88. The molecule has 0 radical (unpaired) electrons. The lowest BCUT2D eigenvalue weighted by Crippen LogP contribution is -2.57. The van der Waals surface area contributed by atoms with Gasteiger partial charge in [0.25, 0.3) is 0 Å². The van der Waals surface area contributed by atoms with Gasteiger partial charge in [-0.2, -0.15) is 0 Å². The van der Waals surface area contributed by atoms with Gasteiger partial charge in [-0.3, -0.25) is 9.78 Å². The van der Waals surface area contributed by atoms with Crippen LogP contribution in [0.2, 0.25) is 0 Å². The Morgan fingerprint density at radius 2 is 1.81 bits per heavy atom. The predicted molar refractivity (Wildman–Crippen MR) is 83.8 cm³/mol. The number of piperazine rings is 1. The van der Waals surface area contributed by atoms with Gasteiger partial charge in [0.1, 0.15) is 5.82 Å². The van der Waals surface area contributed by atoms with Crippen LogP contribution in [0.3, 0.4) is 0 Å². The Morgan fingerprint density at radius 3 is 2.43 bits per heavy atom. The molecule has 1 fully saturated rings. The van der Waals surface area contributed by atoms with Crippen molar-refractivity contribution in [3.05, 3.63) is 30.5 Å². The van der Waals surface area contributed by atoms with Crippen molar-refractivity contribution in [3.63, 3.8) is 0 Å². The van der Waals surface area contributed by atoms with Crippen LogP contribution in [0.5, 0.6) is 0 Å². The number of fused-ring (bicyclic) bond motifs is 1. The summed E-state index contributed by atoms with van der Waals surface area (Å²) < 4.78 is 0. The van der Waals surface area contributed by atoms with E-state index in [9.17, 15) is 4.79 Å². The van der Waals surface area contributed by atoms with Crippen LogP contribution in [0.15, 0.2) is 30.5 Å². The Labute approximate surface area is 128 Å². The Bertz CT molecular complexity index is 666. The molecule has 0 N–H and O–H groups in total. The first-order chi connectivity index (χ1) is 10.1. The molecule has 5 nitrogen and oxygen atoms in total. The van der Waals surface area contributed by atoms with Crippen molar-refractivity contribution in [1.82, 2.24) is 14.9 Å². The highest BCUT2D eigenvalue weighted by Crippen LogP contribution is 2.23. The number of hydrogen-bond donors (Lipinski definition) is 0. The number of carbonyl (C=O) groups is 1. The summed E-state index contributed by atoms with van der Waals surface area (Å²) in [5.41, 5.74) is 1.77. The molecule has 2 aromatic rings. The number of hydrogen-bond acceptors (Lipinski definition) is 4. The quantitative estimate of drug-likeness (QED) is 0.600. The third-order valence-electron chi connectivity index (χ3n) is 3.88. The van der Waals surface area contributed by atoms with Crippen LogP contribution >= 0.6 is 11.6 Å². The van der Waals surface area contributed by atoms with E-state index in [-0.39, 0.29) is 17.5 Å². The number of para-hydroxylation sites is 2. The van der Waals surface area contributed by atoms with Crippen molar-refractivity contribution in [3.8, 4) is 0 Å². The number of aromatic nitrogens is 2. The van der Waals surface area contributed by atoms with Gasteiger partial charge in [-0.15, -0.1) is 0 Å². The van der Waals surface area contributed by atoms with Gasteiger partial charge in [-0.05, 0) is 37.6 Å². The molecule has 110 valence electrons. The van der Waals surface area contributed by atoms with Gasteiger partial charge < -0.3 is 9.80 Å². The summed E-state index contributed by atoms with van der Waals surface area (Å²) in [6.07, 6.45) is 1.79. The van der Waals surface area contributed by atoms with E-state index in [2.05, 4.69) is 14.9 Å². The summed E-state index contributed by atoms with van der Waals surface area (Å²) in [7, 11) is 0. The van der Waals surface area contributed by atoms with Gasteiger partial charge in [0.05, 0.1) is 17.2 Å². The van der Waals surface area contributed by atoms with Crippen LogP contribution < -0.4 is 4.90 Å². The Kier molecular flexibility index (Phi) is 3.68. The van der Waals surface area contributed by atoms with Gasteiger partial charge in [0.15, 0.2) is 0 Å². The summed E-state index contributed by atoms with van der Waals surface area (Å²) in [6.45, 7) is 5.40. The average Bonchev–Trinajstić information content (AvgIpc) is 2.45. The summed E-state index contributed by atoms with van der Waals surface area (Å²) in [6, 6.07) is 7.90. The van der Waals surface area contributed by atoms with E-state index in [0.29, 0.717) is 13.1 Å². The van der Waals surface area contributed by atoms with Crippen LogP contribution in [0, 0.1) is 0 Å². The van der Waals surface area contributed by atoms with E-state index in [1.165, 1.54) is 0 Å². The molecule has 0 aliphatic carbocycles. The number of benzene rings is 1. The number of nitrogens with zero attached hydrogens (tertiary/aromatic N) is 4. The molecule has 0 saturated carbocycles. The van der Waals surface area contributed by atoms with Crippen LogP contribution in [0.1, 0.15) is 13.8 Å². The SMILES string of the molecule is C[C@@H]1CN(c2cnc3ccccc3n2)C[C@H](C)N1C(=O)Cl. The third kappa shape index (κ3) is 2.65. The first-order valence-corrected chi connectivity index (χ1v) is 7.38. The van der Waals surface area contributed by atoms with Crippen molar-refractivity contribution < 1.29 is 4.79 Å². The smallest absolute Gasteiger partial charge is 0.316 e. The summed E-state index contributed by atoms with van der Waals surface area (Å²) >= 11 is 5.66. The molecule has 1 aromatic carbocycles. The van der Waals surface area contributed by atoms with Crippen LogP contribution in [0.25, 0.3) is 11.0 Å². The molecule has 21 heavy (non-hydrogen) atoms. The van der Waals surface area contributed by atoms with Crippen molar-refractivity contribution in [2.45, 2.75) is 25.9 Å². The zero-order chi connectivity index (χ0) is 15.0. The van der Waals surface area contributed by atoms with Gasteiger partial charge in [-0.1, -0.05) is 12.1 Å². The lowest BCUT2D eigenvalue weighted by atomic mass is 10.1. The largest absolute Gasteiger partial charge is 0.351 e. The number of rotatable bonds is 1. The number of carbonyl (C=O) groups excluding carboxylic acids is 1. The van der Waals surface area contributed by atoms with Gasteiger partial charge in [0, 0.05) is 25.2 Å². The monoisotopic (exact) mass is 304 g/mol. The van der Waals surface area contributed by atoms with Crippen LogP contribution in [-0.4, -0.2) is 45.4 Å². The molecule has 0 spiro atoms. The van der Waals surface area contributed by atoms with Crippen molar-refractivity contribution in [1.29, 1.82) is 0 Å². The van der Waals surface area contributed by atoms with E-state index in [4.69, 9.17) is 11.6 Å². The maximum absolute atomic E-state index is 11.5. The lowest BCUT2D eigenvalue weighted by molar-refractivity contribution is 0.162. The van der Waals surface area contributed by atoms with E-state index < -0.39 is 0 Å². The summed E-state index contributed by atoms with van der Waals surface area (Å²) in [5, 5.41) is -0.390. The standard InChI is InChI=1S/C15H17ClN4O/c1-10-8-19(9-11(2)20(10)15(16)21)14-7-17-12-5-3-4-6-13(12)18-14/h3-7,10-11H,8-9H2,1-2H3/t10-,11+. The molecule has 3 rings (SSSR count). The fraction of sp³-hybridized carbons (Fsp3) is 0.400. The van der Waals surface area contributed by atoms with Crippen molar-refractivity contribution in [2.24, 2.45) is 0 Å². The van der Waals surface area contributed by atoms with Crippen molar-refractivity contribution >= 4 is 33.8 Å². The third-order valence-corrected chi connectivity index (χ3v) is 4.08. The molecule has 0 unspecified atom stereocenters. The van der Waals surface area contributed by atoms with Crippen LogP contribution in [0.4, 0.5) is 10.6 Å². The minimum Gasteiger partial charge on any atom is -0.351 e. The lowest BCUT2D eigenvalue weighted by Gasteiger charge is -2.43. The van der Waals surface area contributed by atoms with Crippen LogP contribution in [-0.2, 0) is 0 Å². The van der Waals surface area contributed by atoms with E-state index in [1.54, 1.807) is 11.1 Å². The van der Waals surface area contributed by atoms with Gasteiger partial charge in [-0.25, -0.2) is 4.98 Å². The molecule has 1 aliphatic rings. The second-order valence-electron chi connectivity index (χ2n) is 5.48. The summed E-state index contributed by atoms with van der Waals surface area (Å²) in [5.74, 6) is 0.842. The Morgan fingerprint density at radius 1 is 1.19 bits per heavy atom. The number of amides is 1. The fourth-order valence-corrected chi connectivity index (χ4v) is 3.29. The highest BCUT2D eigenvalue weighted by molar-refractivity contribution is 6.62. The van der Waals surface area contributed by atoms with E-state index in [1.807, 2.05) is 38.1 Å². The maximum atomic E-state index is 11.5. The Balaban J connectivity index is 1.88. The molecule has 1 aliphatic heterocycles. The second kappa shape index (κ2) is 5.48. The number of anilines is 1. The normalized spacial score (nSPS) is 22.6. The molecule has 0 bridgehead atoms. The topological polar surface area (TPSA) is 49.3 Å². The molecule has 1 saturated heterocycles. The highest BCUT2D eigenvalue weighted by Gasteiger charge is 2.32. The molecule has 1 aromatic heterocycles. The minimum atomic E-state index is -0.390. The molecule has 2 atom stereocenters. The first-order valence-electron chi connectivity index (χ1n) is 7.01. The second-order valence-corrected chi connectivity index (χ2v) is 5.80.